The zero-order chi connectivity index (χ0) is 7.11. The SMILES string of the molecule is CCC=COCC(=O)O. The summed E-state index contributed by atoms with van der Waals surface area (Å²) < 4.78 is 4.56. The Morgan fingerprint density at radius 3 is 2.89 bits per heavy atom. The summed E-state index contributed by atoms with van der Waals surface area (Å²) in [5.41, 5.74) is 0. The molecule has 0 saturated heterocycles. The lowest BCUT2D eigenvalue weighted by Crippen LogP contribution is -2.02. The van der Waals surface area contributed by atoms with Crippen molar-refractivity contribution in [3.8, 4) is 0 Å². The standard InChI is InChI=1S/C6H10O3/c1-2-3-4-9-5-6(7)8/h3-4H,2,5H2,1H3,(H,7,8). The second kappa shape index (κ2) is 5.15. The molecule has 0 aromatic rings. The van der Waals surface area contributed by atoms with Crippen LogP contribution in [0.1, 0.15) is 13.3 Å². The van der Waals surface area contributed by atoms with Crippen molar-refractivity contribution in [3.63, 3.8) is 0 Å². The molecule has 52 valence electrons. The van der Waals surface area contributed by atoms with Crippen LogP contribution in [0.15, 0.2) is 12.3 Å². The molecule has 0 aliphatic rings. The van der Waals surface area contributed by atoms with E-state index >= 15 is 0 Å². The Kier molecular flexibility index (Phi) is 4.59. The van der Waals surface area contributed by atoms with E-state index in [1.165, 1.54) is 6.26 Å². The first-order valence-electron chi connectivity index (χ1n) is 2.75. The predicted octanol–water partition coefficient (Wildman–Crippen LogP) is 1.01. The fourth-order valence-corrected chi connectivity index (χ4v) is 0.284. The molecule has 0 aromatic carbocycles. The third kappa shape index (κ3) is 7.01. The number of ether oxygens (including phenoxy) is 1. The van der Waals surface area contributed by atoms with Crippen LogP contribution in [0.5, 0.6) is 0 Å². The van der Waals surface area contributed by atoms with Gasteiger partial charge in [0.2, 0.25) is 0 Å². The van der Waals surface area contributed by atoms with Crippen molar-refractivity contribution in [2.75, 3.05) is 6.61 Å². The van der Waals surface area contributed by atoms with Gasteiger partial charge in [-0.3, -0.25) is 0 Å². The predicted molar refractivity (Wildman–Crippen MR) is 33.0 cm³/mol. The Morgan fingerprint density at radius 2 is 2.44 bits per heavy atom. The Labute approximate surface area is 53.9 Å². The molecule has 1 N–H and O–H groups in total. The molecule has 9 heavy (non-hydrogen) atoms. The van der Waals surface area contributed by atoms with Crippen LogP contribution < -0.4 is 0 Å². The highest BCUT2D eigenvalue weighted by molar-refractivity contribution is 5.68. The molecule has 3 nitrogen and oxygen atoms in total. The molecule has 0 aliphatic heterocycles. The fraction of sp³-hybridized carbons (Fsp3) is 0.500. The van der Waals surface area contributed by atoms with Gasteiger partial charge in [-0.2, -0.15) is 0 Å². The van der Waals surface area contributed by atoms with Crippen LogP contribution >= 0.6 is 0 Å². The first-order valence-corrected chi connectivity index (χ1v) is 2.75. The molecule has 3 heteroatoms. The number of carboxylic acid groups (broad SMARTS) is 1. The normalized spacial score (nSPS) is 9.89. The lowest BCUT2D eigenvalue weighted by molar-refractivity contribution is -0.140. The minimum Gasteiger partial charge on any atom is -0.490 e. The van der Waals surface area contributed by atoms with Crippen molar-refractivity contribution in [1.29, 1.82) is 0 Å². The molecule has 0 fully saturated rings. The second-order valence-corrected chi connectivity index (χ2v) is 1.48. The van der Waals surface area contributed by atoms with Gasteiger partial charge < -0.3 is 9.84 Å². The van der Waals surface area contributed by atoms with Crippen LogP contribution in [0.4, 0.5) is 0 Å². The van der Waals surface area contributed by atoms with Crippen molar-refractivity contribution >= 4 is 5.97 Å². The van der Waals surface area contributed by atoms with E-state index in [9.17, 15) is 4.79 Å². The number of carbonyl (C=O) groups is 1. The zero-order valence-electron chi connectivity index (χ0n) is 5.33. The molecule has 0 aromatic heterocycles. The van der Waals surface area contributed by atoms with Gasteiger partial charge in [-0.05, 0) is 6.42 Å². The van der Waals surface area contributed by atoms with E-state index in [2.05, 4.69) is 4.74 Å². The monoisotopic (exact) mass is 130 g/mol. The average molecular weight is 130 g/mol. The highest BCUT2D eigenvalue weighted by Crippen LogP contribution is 1.81. The van der Waals surface area contributed by atoms with Gasteiger partial charge in [0.25, 0.3) is 0 Å². The quantitative estimate of drug-likeness (QED) is 0.578. The lowest BCUT2D eigenvalue weighted by atomic mass is 10.5. The molecule has 0 amide bonds. The van der Waals surface area contributed by atoms with Gasteiger partial charge in [-0.25, -0.2) is 4.79 Å². The molecule has 0 bridgehead atoms. The van der Waals surface area contributed by atoms with Crippen molar-refractivity contribution < 1.29 is 14.6 Å². The van der Waals surface area contributed by atoms with Gasteiger partial charge in [0, 0.05) is 0 Å². The largest absolute Gasteiger partial charge is 0.490 e. The number of rotatable bonds is 4. The zero-order valence-corrected chi connectivity index (χ0v) is 5.33. The molecule has 0 heterocycles. The Bertz CT molecular complexity index is 107. The maximum atomic E-state index is 9.80. The van der Waals surface area contributed by atoms with Gasteiger partial charge >= 0.3 is 5.97 Å². The third-order valence-electron chi connectivity index (χ3n) is 0.635. The summed E-state index contributed by atoms with van der Waals surface area (Å²) >= 11 is 0. The highest BCUT2D eigenvalue weighted by Gasteiger charge is 1.90. The molecule has 0 aliphatic carbocycles. The Hall–Kier alpha value is -0.990. The first kappa shape index (κ1) is 8.01. The summed E-state index contributed by atoms with van der Waals surface area (Å²) in [5, 5.41) is 8.05. The van der Waals surface area contributed by atoms with E-state index < -0.39 is 5.97 Å². The van der Waals surface area contributed by atoms with E-state index in [1.807, 2.05) is 6.92 Å². The van der Waals surface area contributed by atoms with E-state index in [0.29, 0.717) is 0 Å². The maximum absolute atomic E-state index is 9.80. The average Bonchev–Trinajstić information content (AvgIpc) is 1.80. The van der Waals surface area contributed by atoms with Gasteiger partial charge in [0.15, 0.2) is 6.61 Å². The third-order valence-corrected chi connectivity index (χ3v) is 0.635. The summed E-state index contributed by atoms with van der Waals surface area (Å²) in [7, 11) is 0. The summed E-state index contributed by atoms with van der Waals surface area (Å²) in [6.45, 7) is 1.69. The highest BCUT2D eigenvalue weighted by atomic mass is 16.5. The second-order valence-electron chi connectivity index (χ2n) is 1.48. The van der Waals surface area contributed by atoms with E-state index in [1.54, 1.807) is 6.08 Å². The molecule has 0 rings (SSSR count). The van der Waals surface area contributed by atoms with Crippen molar-refractivity contribution in [3.05, 3.63) is 12.3 Å². The minimum atomic E-state index is -0.948. The molecule has 0 radical (unpaired) electrons. The van der Waals surface area contributed by atoms with Gasteiger partial charge in [-0.15, -0.1) is 0 Å². The van der Waals surface area contributed by atoms with E-state index in [-0.39, 0.29) is 6.61 Å². The number of aliphatic carboxylic acids is 1. The number of allylic oxidation sites excluding steroid dienone is 1. The van der Waals surface area contributed by atoms with Crippen molar-refractivity contribution in [1.82, 2.24) is 0 Å². The van der Waals surface area contributed by atoms with Gasteiger partial charge in [0.1, 0.15) is 0 Å². The molecule has 0 saturated carbocycles. The van der Waals surface area contributed by atoms with Crippen molar-refractivity contribution in [2.45, 2.75) is 13.3 Å². The van der Waals surface area contributed by atoms with Crippen LogP contribution in [-0.2, 0) is 9.53 Å². The number of hydrogen-bond acceptors (Lipinski definition) is 2. The molecule has 0 unspecified atom stereocenters. The van der Waals surface area contributed by atoms with E-state index in [0.717, 1.165) is 6.42 Å². The summed E-state index contributed by atoms with van der Waals surface area (Å²) in [6, 6.07) is 0. The van der Waals surface area contributed by atoms with Crippen LogP contribution in [-0.4, -0.2) is 17.7 Å². The molecule has 0 spiro atoms. The maximum Gasteiger partial charge on any atom is 0.341 e. The fourth-order valence-electron chi connectivity index (χ4n) is 0.284. The molecular formula is C6H10O3. The Balaban J connectivity index is 3.09. The van der Waals surface area contributed by atoms with Crippen LogP contribution in [0.2, 0.25) is 0 Å². The van der Waals surface area contributed by atoms with Crippen LogP contribution in [0.3, 0.4) is 0 Å². The molecule has 0 atom stereocenters. The number of hydrogen-bond donors (Lipinski definition) is 1. The lowest BCUT2D eigenvalue weighted by Gasteiger charge is -1.91. The summed E-state index contributed by atoms with van der Waals surface area (Å²) in [6.07, 6.45) is 4.01. The van der Waals surface area contributed by atoms with Gasteiger partial charge in [0.05, 0.1) is 6.26 Å². The van der Waals surface area contributed by atoms with Crippen molar-refractivity contribution in [2.24, 2.45) is 0 Å². The minimum absolute atomic E-state index is 0.253. The smallest absolute Gasteiger partial charge is 0.341 e. The summed E-state index contributed by atoms with van der Waals surface area (Å²) in [5.74, 6) is -0.948. The van der Waals surface area contributed by atoms with E-state index in [4.69, 9.17) is 5.11 Å². The number of carboxylic acids is 1. The first-order chi connectivity index (χ1) is 4.27. The van der Waals surface area contributed by atoms with Gasteiger partial charge in [-0.1, -0.05) is 13.0 Å². The Morgan fingerprint density at radius 1 is 1.78 bits per heavy atom. The van der Waals surface area contributed by atoms with Crippen LogP contribution in [0.25, 0.3) is 0 Å². The topological polar surface area (TPSA) is 46.5 Å². The summed E-state index contributed by atoms with van der Waals surface area (Å²) in [4.78, 5) is 9.80. The molecular weight excluding hydrogens is 120 g/mol. The van der Waals surface area contributed by atoms with Crippen LogP contribution in [0, 0.1) is 0 Å².